The van der Waals surface area contributed by atoms with Crippen LogP contribution >= 0.6 is 0 Å². The van der Waals surface area contributed by atoms with Crippen LogP contribution in [0.4, 0.5) is 16.0 Å². The molecule has 3 aromatic rings. The van der Waals surface area contributed by atoms with Gasteiger partial charge in [-0.25, -0.2) is 14.4 Å². The Labute approximate surface area is 144 Å². The van der Waals surface area contributed by atoms with Crippen molar-refractivity contribution < 1.29 is 4.39 Å². The molecule has 0 aliphatic carbocycles. The Morgan fingerprint density at radius 3 is 2.60 bits per heavy atom. The molecule has 0 N–H and O–H groups in total. The SMILES string of the molecule is Cc1cc(N2CC3CN(c4ncccc4F)CC3C2)n2ncnc2n1. The molecule has 2 atom stereocenters. The number of fused-ring (bicyclic) bond motifs is 2. The summed E-state index contributed by atoms with van der Waals surface area (Å²) in [6, 6.07) is 5.16. The van der Waals surface area contributed by atoms with Gasteiger partial charge in [0, 0.05) is 56.0 Å². The number of halogens is 1. The summed E-state index contributed by atoms with van der Waals surface area (Å²) < 4.78 is 15.8. The van der Waals surface area contributed by atoms with E-state index in [1.54, 1.807) is 16.8 Å². The largest absolute Gasteiger partial charge is 0.356 e. The van der Waals surface area contributed by atoms with Gasteiger partial charge in [0.05, 0.1) is 0 Å². The summed E-state index contributed by atoms with van der Waals surface area (Å²) in [5.41, 5.74) is 0.935. The van der Waals surface area contributed by atoms with E-state index in [-0.39, 0.29) is 5.82 Å². The molecular formula is C17H18FN7. The van der Waals surface area contributed by atoms with Crippen molar-refractivity contribution in [3.63, 3.8) is 0 Å². The summed E-state index contributed by atoms with van der Waals surface area (Å²) in [6.45, 7) is 5.49. The average molecular weight is 339 g/mol. The predicted molar refractivity (Wildman–Crippen MR) is 91.1 cm³/mol. The van der Waals surface area contributed by atoms with Crippen LogP contribution in [0.1, 0.15) is 5.69 Å². The van der Waals surface area contributed by atoms with Crippen LogP contribution in [0.5, 0.6) is 0 Å². The number of nitrogens with zero attached hydrogens (tertiary/aromatic N) is 7. The Hall–Kier alpha value is -2.77. The van der Waals surface area contributed by atoms with E-state index in [1.807, 2.05) is 6.92 Å². The molecule has 8 heteroatoms. The van der Waals surface area contributed by atoms with Crippen LogP contribution in [0.15, 0.2) is 30.7 Å². The van der Waals surface area contributed by atoms with E-state index in [2.05, 4.69) is 35.9 Å². The molecule has 2 fully saturated rings. The third-order valence-corrected chi connectivity index (χ3v) is 5.21. The standard InChI is InChI=1S/C17H18FN7/c1-11-5-15(25-17(22-11)20-10-21-25)23-6-12-8-24(9-13(12)7-23)16-14(18)3-2-4-19-16/h2-5,10,12-13H,6-9H2,1H3. The molecule has 0 aromatic carbocycles. The number of pyridine rings is 1. The molecule has 0 amide bonds. The highest BCUT2D eigenvalue weighted by Crippen LogP contribution is 2.36. The minimum Gasteiger partial charge on any atom is -0.356 e. The van der Waals surface area contributed by atoms with Crippen LogP contribution in [-0.2, 0) is 0 Å². The van der Waals surface area contributed by atoms with Crippen molar-refractivity contribution in [1.29, 1.82) is 0 Å². The molecule has 0 bridgehead atoms. The lowest BCUT2D eigenvalue weighted by Crippen LogP contribution is -2.30. The number of anilines is 2. The predicted octanol–water partition coefficient (Wildman–Crippen LogP) is 1.54. The maximum atomic E-state index is 14.0. The number of hydrogen-bond donors (Lipinski definition) is 0. The summed E-state index contributed by atoms with van der Waals surface area (Å²) in [4.78, 5) is 17.2. The third kappa shape index (κ3) is 2.32. The number of aromatic nitrogens is 5. The van der Waals surface area contributed by atoms with Crippen LogP contribution in [0.25, 0.3) is 5.78 Å². The Bertz CT molecular complexity index is 926. The molecule has 25 heavy (non-hydrogen) atoms. The number of hydrogen-bond acceptors (Lipinski definition) is 6. The molecule has 5 rings (SSSR count). The second kappa shape index (κ2) is 5.37. The lowest BCUT2D eigenvalue weighted by molar-refractivity contribution is 0.533. The number of rotatable bonds is 2. The van der Waals surface area contributed by atoms with E-state index in [0.717, 1.165) is 37.7 Å². The van der Waals surface area contributed by atoms with Crippen molar-refractivity contribution >= 4 is 17.4 Å². The van der Waals surface area contributed by atoms with Crippen molar-refractivity contribution in [1.82, 2.24) is 24.6 Å². The number of aryl methyl sites for hydroxylation is 1. The molecule has 128 valence electrons. The first-order valence-electron chi connectivity index (χ1n) is 8.47. The molecule has 2 aliphatic heterocycles. The minimum absolute atomic E-state index is 0.242. The van der Waals surface area contributed by atoms with Crippen molar-refractivity contribution in [3.05, 3.63) is 42.2 Å². The third-order valence-electron chi connectivity index (χ3n) is 5.21. The van der Waals surface area contributed by atoms with Crippen LogP contribution in [0.2, 0.25) is 0 Å². The zero-order chi connectivity index (χ0) is 17.0. The fourth-order valence-electron chi connectivity index (χ4n) is 4.10. The summed E-state index contributed by atoms with van der Waals surface area (Å²) in [6.07, 6.45) is 3.19. The molecule has 2 saturated heterocycles. The summed E-state index contributed by atoms with van der Waals surface area (Å²) in [7, 11) is 0. The molecule has 2 unspecified atom stereocenters. The minimum atomic E-state index is -0.242. The topological polar surface area (TPSA) is 62.5 Å². The van der Waals surface area contributed by atoms with Gasteiger partial charge in [-0.15, -0.1) is 0 Å². The lowest BCUT2D eigenvalue weighted by atomic mass is 10.0. The average Bonchev–Trinajstić information content (AvgIpc) is 3.27. The molecule has 3 aromatic heterocycles. The smallest absolute Gasteiger partial charge is 0.254 e. The van der Waals surface area contributed by atoms with Gasteiger partial charge >= 0.3 is 0 Å². The van der Waals surface area contributed by atoms with Gasteiger partial charge in [-0.1, -0.05) is 0 Å². The van der Waals surface area contributed by atoms with Crippen molar-refractivity contribution in [2.45, 2.75) is 6.92 Å². The highest BCUT2D eigenvalue weighted by molar-refractivity contribution is 5.50. The molecule has 7 nitrogen and oxygen atoms in total. The van der Waals surface area contributed by atoms with E-state index in [9.17, 15) is 4.39 Å². The lowest BCUT2D eigenvalue weighted by Gasteiger charge is -2.24. The zero-order valence-corrected chi connectivity index (χ0v) is 13.9. The van der Waals surface area contributed by atoms with Gasteiger partial charge < -0.3 is 9.80 Å². The molecule has 0 spiro atoms. The maximum absolute atomic E-state index is 14.0. The summed E-state index contributed by atoms with van der Waals surface area (Å²) >= 11 is 0. The van der Waals surface area contributed by atoms with E-state index in [4.69, 9.17) is 0 Å². The highest BCUT2D eigenvalue weighted by atomic mass is 19.1. The Balaban J connectivity index is 1.39. The van der Waals surface area contributed by atoms with Crippen LogP contribution in [-0.4, -0.2) is 50.7 Å². The van der Waals surface area contributed by atoms with Gasteiger partial charge in [0.2, 0.25) is 0 Å². The molecule has 2 aliphatic rings. The van der Waals surface area contributed by atoms with Crippen LogP contribution in [0, 0.1) is 24.6 Å². The van der Waals surface area contributed by atoms with Gasteiger partial charge in [-0.3, -0.25) is 0 Å². The monoisotopic (exact) mass is 339 g/mol. The fraction of sp³-hybridized carbons (Fsp3) is 0.412. The fourth-order valence-corrected chi connectivity index (χ4v) is 4.10. The zero-order valence-electron chi connectivity index (χ0n) is 13.9. The van der Waals surface area contributed by atoms with E-state index < -0.39 is 0 Å². The first-order valence-corrected chi connectivity index (χ1v) is 8.47. The quantitative estimate of drug-likeness (QED) is 0.706. The van der Waals surface area contributed by atoms with E-state index in [0.29, 0.717) is 23.4 Å². The first-order chi connectivity index (χ1) is 12.2. The second-order valence-electron chi connectivity index (χ2n) is 6.87. The van der Waals surface area contributed by atoms with Gasteiger partial charge in [0.15, 0.2) is 11.6 Å². The first kappa shape index (κ1) is 14.6. The van der Waals surface area contributed by atoms with Gasteiger partial charge in [0.1, 0.15) is 12.1 Å². The Morgan fingerprint density at radius 1 is 1.08 bits per heavy atom. The van der Waals surface area contributed by atoms with Crippen molar-refractivity contribution in [2.75, 3.05) is 36.0 Å². The summed E-state index contributed by atoms with van der Waals surface area (Å²) in [5.74, 6) is 2.88. The van der Waals surface area contributed by atoms with E-state index >= 15 is 0 Å². The highest BCUT2D eigenvalue weighted by Gasteiger charge is 2.41. The molecule has 0 radical (unpaired) electrons. The van der Waals surface area contributed by atoms with Crippen LogP contribution in [0.3, 0.4) is 0 Å². The van der Waals surface area contributed by atoms with Crippen molar-refractivity contribution in [2.24, 2.45) is 11.8 Å². The maximum Gasteiger partial charge on any atom is 0.254 e. The van der Waals surface area contributed by atoms with Gasteiger partial charge in [-0.05, 0) is 19.1 Å². The summed E-state index contributed by atoms with van der Waals surface area (Å²) in [5, 5.41) is 4.30. The molecular weight excluding hydrogens is 321 g/mol. The van der Waals surface area contributed by atoms with Gasteiger partial charge in [0.25, 0.3) is 5.78 Å². The second-order valence-corrected chi connectivity index (χ2v) is 6.87. The Kier molecular flexibility index (Phi) is 3.13. The van der Waals surface area contributed by atoms with Gasteiger partial charge in [-0.2, -0.15) is 14.6 Å². The normalized spacial score (nSPS) is 22.8. The van der Waals surface area contributed by atoms with E-state index in [1.165, 1.54) is 12.4 Å². The molecule has 5 heterocycles. The van der Waals surface area contributed by atoms with Crippen LogP contribution < -0.4 is 9.80 Å². The Morgan fingerprint density at radius 2 is 1.84 bits per heavy atom. The molecule has 0 saturated carbocycles. The van der Waals surface area contributed by atoms with Crippen molar-refractivity contribution in [3.8, 4) is 0 Å².